The molecule has 0 saturated carbocycles. The van der Waals surface area contributed by atoms with Gasteiger partial charge < -0.3 is 9.64 Å². The van der Waals surface area contributed by atoms with Crippen LogP contribution < -0.4 is 15.2 Å². The molecular weight excluding hydrogens is 526 g/mol. The van der Waals surface area contributed by atoms with Gasteiger partial charge >= 0.3 is 12.1 Å². The number of carbonyl (C=O) groups is 2. The Labute approximate surface area is 218 Å². The Bertz CT molecular complexity index is 1510. The van der Waals surface area contributed by atoms with Crippen molar-refractivity contribution >= 4 is 23.6 Å². The quantitative estimate of drug-likeness (QED) is 0.353. The molecule has 38 heavy (non-hydrogen) atoms. The maximum Gasteiger partial charge on any atom is 0.408 e. The van der Waals surface area contributed by atoms with Crippen molar-refractivity contribution in [1.82, 2.24) is 9.58 Å². The van der Waals surface area contributed by atoms with Crippen LogP contribution in [-0.2, 0) is 10.5 Å². The highest BCUT2D eigenvalue weighted by molar-refractivity contribution is 7.98. The Morgan fingerprint density at radius 3 is 2.50 bits per heavy atom. The van der Waals surface area contributed by atoms with Crippen LogP contribution in [0.3, 0.4) is 0 Å². The van der Waals surface area contributed by atoms with Crippen molar-refractivity contribution in [1.29, 1.82) is 0 Å². The molecule has 1 amide bonds. The number of fused-ring (bicyclic) bond motifs is 3. The maximum atomic E-state index is 15.0. The molecule has 3 heterocycles. The van der Waals surface area contributed by atoms with E-state index in [9.17, 15) is 27.6 Å². The summed E-state index contributed by atoms with van der Waals surface area (Å²) in [5, 5.41) is 1.45. The van der Waals surface area contributed by atoms with E-state index >= 15 is 4.39 Å². The van der Waals surface area contributed by atoms with Crippen LogP contribution >= 0.6 is 11.8 Å². The number of esters is 1. The van der Waals surface area contributed by atoms with E-state index in [1.807, 2.05) is 12.1 Å². The van der Waals surface area contributed by atoms with Gasteiger partial charge in [-0.2, -0.15) is 13.2 Å². The Morgan fingerprint density at radius 1 is 1.08 bits per heavy atom. The van der Waals surface area contributed by atoms with Crippen LogP contribution in [0.4, 0.5) is 17.6 Å². The molecule has 2 aromatic carbocycles. The third kappa shape index (κ3) is 4.32. The number of alkyl halides is 3. The summed E-state index contributed by atoms with van der Waals surface area (Å²) in [5.41, 5.74) is 0.629. The summed E-state index contributed by atoms with van der Waals surface area (Å²) in [6.45, 7) is 1.31. The zero-order valence-electron chi connectivity index (χ0n) is 20.2. The van der Waals surface area contributed by atoms with Gasteiger partial charge in [0.2, 0.25) is 11.2 Å². The number of hydrogen-bond acceptors (Lipinski definition) is 6. The number of rotatable bonds is 3. The highest BCUT2D eigenvalue weighted by atomic mass is 32.2. The first-order valence-electron chi connectivity index (χ1n) is 11.6. The highest BCUT2D eigenvalue weighted by Gasteiger charge is 2.48. The summed E-state index contributed by atoms with van der Waals surface area (Å²) < 4.78 is 63.1. The lowest BCUT2D eigenvalue weighted by Crippen LogP contribution is -2.60. The van der Waals surface area contributed by atoms with E-state index in [0.29, 0.717) is 26.7 Å². The van der Waals surface area contributed by atoms with Gasteiger partial charge in [-0.1, -0.05) is 36.4 Å². The number of ether oxygens (including phenoxy) is 1. The summed E-state index contributed by atoms with van der Waals surface area (Å²) >= 11 is 1.26. The molecule has 1 aromatic heterocycles. The Hall–Kier alpha value is -3.80. The number of halogens is 4. The summed E-state index contributed by atoms with van der Waals surface area (Å²) in [6, 6.07) is 9.69. The van der Waals surface area contributed by atoms with E-state index in [1.165, 1.54) is 39.8 Å². The van der Waals surface area contributed by atoms with Crippen LogP contribution in [0.15, 0.2) is 64.4 Å². The number of benzene rings is 2. The molecule has 3 aromatic rings. The van der Waals surface area contributed by atoms with Gasteiger partial charge in [0.15, 0.2) is 5.69 Å². The SMILES string of the molecule is CC(=O)Oc1c2n(ccc1=O)N([C@@H]1c3ccccc3CSc3c(F)cccc31)CN([C@@H](C)C(F)(F)F)C2=O. The fourth-order valence-corrected chi connectivity index (χ4v) is 5.85. The van der Waals surface area contributed by atoms with Crippen LogP contribution in [0.25, 0.3) is 0 Å². The topological polar surface area (TPSA) is 71.8 Å². The van der Waals surface area contributed by atoms with Crippen LogP contribution in [0, 0.1) is 5.82 Å². The van der Waals surface area contributed by atoms with Gasteiger partial charge in [-0.3, -0.25) is 24.1 Å². The van der Waals surface area contributed by atoms with Crippen molar-refractivity contribution in [3.63, 3.8) is 0 Å². The van der Waals surface area contributed by atoms with Crippen molar-refractivity contribution in [3.8, 4) is 5.75 Å². The van der Waals surface area contributed by atoms with Gasteiger partial charge in [0.05, 0.1) is 6.04 Å². The second-order valence-electron chi connectivity index (χ2n) is 8.92. The van der Waals surface area contributed by atoms with Crippen molar-refractivity contribution in [2.45, 2.75) is 42.8 Å². The fourth-order valence-electron chi connectivity index (χ4n) is 4.73. The molecule has 0 bridgehead atoms. The minimum Gasteiger partial charge on any atom is -0.420 e. The van der Waals surface area contributed by atoms with Crippen molar-refractivity contribution in [3.05, 3.63) is 93.2 Å². The lowest BCUT2D eigenvalue weighted by atomic mass is 9.94. The van der Waals surface area contributed by atoms with Gasteiger partial charge in [0.25, 0.3) is 5.91 Å². The van der Waals surface area contributed by atoms with Crippen molar-refractivity contribution in [2.75, 3.05) is 11.7 Å². The number of pyridine rings is 1. The molecule has 0 radical (unpaired) electrons. The molecule has 2 atom stereocenters. The number of aromatic nitrogens is 1. The molecule has 0 spiro atoms. The van der Waals surface area contributed by atoms with E-state index in [1.54, 1.807) is 18.2 Å². The van der Waals surface area contributed by atoms with E-state index in [0.717, 1.165) is 25.5 Å². The minimum atomic E-state index is -4.79. The summed E-state index contributed by atoms with van der Waals surface area (Å²) in [4.78, 5) is 38.8. The number of hydrogen-bond donors (Lipinski definition) is 0. The third-order valence-electron chi connectivity index (χ3n) is 6.57. The molecule has 2 aliphatic heterocycles. The fraction of sp³-hybridized carbons (Fsp3) is 0.269. The Balaban J connectivity index is 1.81. The first-order chi connectivity index (χ1) is 18.0. The van der Waals surface area contributed by atoms with Gasteiger partial charge in [0.1, 0.15) is 18.5 Å². The molecule has 0 unspecified atom stereocenters. The number of carbonyl (C=O) groups excluding carboxylic acids is 2. The third-order valence-corrected chi connectivity index (χ3v) is 7.75. The minimum absolute atomic E-state index is 0.323. The molecule has 0 N–H and O–H groups in total. The van der Waals surface area contributed by atoms with E-state index in [4.69, 9.17) is 4.74 Å². The molecule has 198 valence electrons. The summed E-state index contributed by atoms with van der Waals surface area (Å²) in [7, 11) is 0. The van der Waals surface area contributed by atoms with E-state index < -0.39 is 59.5 Å². The highest BCUT2D eigenvalue weighted by Crippen LogP contribution is 2.44. The average Bonchev–Trinajstić information content (AvgIpc) is 3.02. The van der Waals surface area contributed by atoms with Crippen LogP contribution in [-0.4, -0.2) is 40.3 Å². The van der Waals surface area contributed by atoms with E-state index in [2.05, 4.69) is 0 Å². The second kappa shape index (κ2) is 9.50. The van der Waals surface area contributed by atoms with Gasteiger partial charge in [0, 0.05) is 29.8 Å². The number of nitrogens with zero attached hydrogens (tertiary/aromatic N) is 3. The monoisotopic (exact) mass is 547 g/mol. The zero-order chi connectivity index (χ0) is 27.4. The second-order valence-corrected chi connectivity index (χ2v) is 9.90. The first-order valence-corrected chi connectivity index (χ1v) is 12.5. The van der Waals surface area contributed by atoms with Gasteiger partial charge in [-0.15, -0.1) is 11.8 Å². The van der Waals surface area contributed by atoms with Crippen molar-refractivity contribution in [2.24, 2.45) is 0 Å². The van der Waals surface area contributed by atoms with Gasteiger partial charge in [-0.25, -0.2) is 4.39 Å². The largest absolute Gasteiger partial charge is 0.420 e. The molecule has 5 rings (SSSR count). The predicted molar refractivity (Wildman–Crippen MR) is 131 cm³/mol. The maximum absolute atomic E-state index is 15.0. The van der Waals surface area contributed by atoms with Crippen LogP contribution in [0.1, 0.15) is 47.1 Å². The predicted octanol–water partition coefficient (Wildman–Crippen LogP) is 4.61. The van der Waals surface area contributed by atoms with Crippen molar-refractivity contribution < 1.29 is 31.9 Å². The lowest BCUT2D eigenvalue weighted by molar-refractivity contribution is -0.173. The molecule has 0 aliphatic carbocycles. The molecule has 0 fully saturated rings. The first kappa shape index (κ1) is 25.8. The number of thioether (sulfide) groups is 1. The van der Waals surface area contributed by atoms with E-state index in [-0.39, 0.29) is 0 Å². The summed E-state index contributed by atoms with van der Waals surface area (Å²) in [6.07, 6.45) is -3.54. The molecule has 7 nitrogen and oxygen atoms in total. The molecule has 12 heteroatoms. The molecule has 0 saturated heterocycles. The Morgan fingerprint density at radius 2 is 1.79 bits per heavy atom. The molecular formula is C26H21F4N3O4S. The zero-order valence-corrected chi connectivity index (χ0v) is 21.0. The number of amides is 1. The smallest absolute Gasteiger partial charge is 0.408 e. The van der Waals surface area contributed by atoms with Gasteiger partial charge in [-0.05, 0) is 29.7 Å². The Kier molecular flexibility index (Phi) is 6.46. The standard InChI is InChI=1S/C26H21F4N3O4S/c1-14(26(28,29)30)31-13-33(32-11-10-20(35)23(37-15(2)34)22(32)25(31)36)21-17-7-4-3-6-16(17)12-38-24-18(21)8-5-9-19(24)27/h3-11,14,21H,12-13H2,1-2H3/t14-,21+/m0/s1. The lowest BCUT2D eigenvalue weighted by Gasteiger charge is -2.46. The molecule has 2 aliphatic rings. The summed E-state index contributed by atoms with van der Waals surface area (Å²) in [5.74, 6) is -2.80. The van der Waals surface area contributed by atoms with Crippen LogP contribution in [0.2, 0.25) is 0 Å². The van der Waals surface area contributed by atoms with Crippen LogP contribution in [0.5, 0.6) is 5.75 Å². The average molecular weight is 548 g/mol. The normalized spacial score (nSPS) is 17.7.